The zero-order valence-electron chi connectivity index (χ0n) is 40.4. The van der Waals surface area contributed by atoms with Crippen molar-refractivity contribution in [2.45, 2.75) is 259 Å². The van der Waals surface area contributed by atoms with Gasteiger partial charge >= 0.3 is 37.7 Å². The third kappa shape index (κ3) is 38.5. The van der Waals surface area contributed by atoms with E-state index in [4.69, 9.17) is 0 Å². The maximum Gasteiger partial charge on any atom is 2.00 e. The van der Waals surface area contributed by atoms with E-state index in [0.717, 1.165) is 77.0 Å². The smallest absolute Gasteiger partial charge is 0.549 e. The monoisotopic (exact) mass is 853 g/mol. The van der Waals surface area contributed by atoms with Crippen LogP contribution in [0.5, 0.6) is 0 Å². The van der Waals surface area contributed by atoms with Crippen molar-refractivity contribution < 1.29 is 19.8 Å². The van der Waals surface area contributed by atoms with E-state index in [2.05, 4.69) is 114 Å². The second-order valence-electron chi connectivity index (χ2n) is 16.6. The van der Waals surface area contributed by atoms with Gasteiger partial charge in [-0.1, -0.05) is 207 Å². The minimum absolute atomic E-state index is 0. The minimum Gasteiger partial charge on any atom is -0.549 e. The first-order valence-corrected chi connectivity index (χ1v) is 24.8. The van der Waals surface area contributed by atoms with Crippen molar-refractivity contribution in [3.05, 3.63) is 48.6 Å². The molecule has 0 bridgehead atoms. The fraction of sp³-hybridized carbons (Fsp3) is 0.808. The van der Waals surface area contributed by atoms with Crippen LogP contribution in [0.1, 0.15) is 235 Å². The summed E-state index contributed by atoms with van der Waals surface area (Å²) in [6.07, 6.45) is 50.9. The van der Waals surface area contributed by atoms with Crippen LogP contribution in [-0.2, 0) is 9.59 Å². The van der Waals surface area contributed by atoms with Crippen molar-refractivity contribution in [1.82, 2.24) is 9.80 Å². The van der Waals surface area contributed by atoms with Crippen molar-refractivity contribution in [2.75, 3.05) is 13.1 Å². The van der Waals surface area contributed by atoms with E-state index in [1.807, 2.05) is 0 Å². The average Bonchev–Trinajstić information content (AvgIpc) is 3.20. The Morgan fingerprint density at radius 1 is 0.373 bits per heavy atom. The fourth-order valence-electron chi connectivity index (χ4n) is 7.70. The van der Waals surface area contributed by atoms with Crippen LogP contribution in [-0.4, -0.2) is 96.7 Å². The number of nitrogens with zero attached hydrogens (tertiary/aromatic N) is 2. The molecule has 4 atom stereocenters. The molecule has 0 fully saturated rings. The van der Waals surface area contributed by atoms with Gasteiger partial charge in [0.05, 0.1) is 11.9 Å². The molecule has 6 nitrogen and oxygen atoms in total. The van der Waals surface area contributed by atoms with Gasteiger partial charge in [-0.3, -0.25) is 9.80 Å². The molecule has 7 heteroatoms. The van der Waals surface area contributed by atoms with Gasteiger partial charge < -0.3 is 19.8 Å². The molecular formula is C52H96CaN2O4. The molecule has 0 heterocycles. The zero-order valence-corrected chi connectivity index (χ0v) is 42.6. The number of aliphatic carboxylic acids is 2. The standard InChI is InChI=1S/2C26H49NO2.Ca/c2*1-5-9-11-13-15-17-21-24(19-7-3)27(23-26(28)29)25(20-8-4)22-18-16-14-12-10-6-2;/h2*17-18,21-22,24-25H,5-16,19-20,23H2,1-4H3,(H,28,29);/q;;+2/p-2/b2*21-17+,22-18+;. The summed E-state index contributed by atoms with van der Waals surface area (Å²) in [5.74, 6) is -1.94. The van der Waals surface area contributed by atoms with Crippen molar-refractivity contribution in [2.24, 2.45) is 0 Å². The topological polar surface area (TPSA) is 86.7 Å². The van der Waals surface area contributed by atoms with E-state index in [0.29, 0.717) is 0 Å². The fourth-order valence-corrected chi connectivity index (χ4v) is 7.70. The normalized spacial score (nSPS) is 14.0. The maximum atomic E-state index is 11.5. The SMILES string of the molecule is CCCCCC/C=C/C(CCC)N(CC(=O)[O-])C(/C=C/CCCCCC)CCC.CCCCCC/C=C/C(CCC)N(CC(=O)[O-])C(/C=C/CCCCCC)CCC.[Ca+2]. The Morgan fingerprint density at radius 2 is 0.593 bits per heavy atom. The van der Waals surface area contributed by atoms with E-state index in [9.17, 15) is 19.8 Å². The van der Waals surface area contributed by atoms with Crippen molar-refractivity contribution in [3.8, 4) is 0 Å². The van der Waals surface area contributed by atoms with Crippen LogP contribution >= 0.6 is 0 Å². The Bertz CT molecular complexity index is 884. The molecule has 0 spiro atoms. The molecule has 0 saturated carbocycles. The van der Waals surface area contributed by atoms with Gasteiger partial charge in [-0.2, -0.15) is 0 Å². The number of unbranched alkanes of at least 4 members (excludes halogenated alkanes) is 16. The zero-order chi connectivity index (χ0) is 43.5. The van der Waals surface area contributed by atoms with Gasteiger partial charge in [-0.15, -0.1) is 0 Å². The number of allylic oxidation sites excluding steroid dienone is 4. The van der Waals surface area contributed by atoms with Crippen molar-refractivity contribution >= 4 is 49.7 Å². The second kappa shape index (κ2) is 48.1. The van der Waals surface area contributed by atoms with Crippen LogP contribution < -0.4 is 10.2 Å². The Hall–Kier alpha value is -0.920. The number of carboxylic acid groups (broad SMARTS) is 2. The van der Waals surface area contributed by atoms with Crippen molar-refractivity contribution in [3.63, 3.8) is 0 Å². The first-order chi connectivity index (χ1) is 28.2. The number of rotatable bonds is 40. The quantitative estimate of drug-likeness (QED) is 0.0347. The summed E-state index contributed by atoms with van der Waals surface area (Å²) in [5.41, 5.74) is 0. The molecule has 0 aromatic rings. The number of hydrogen-bond acceptors (Lipinski definition) is 6. The number of hydrogen-bond donors (Lipinski definition) is 0. The van der Waals surface area contributed by atoms with E-state index in [-0.39, 0.29) is 75.0 Å². The van der Waals surface area contributed by atoms with Gasteiger partial charge in [0.2, 0.25) is 0 Å². The molecule has 0 radical (unpaired) electrons. The van der Waals surface area contributed by atoms with Crippen LogP contribution in [0.4, 0.5) is 0 Å². The van der Waals surface area contributed by atoms with Gasteiger partial charge in [0.25, 0.3) is 0 Å². The molecular weight excluding hydrogens is 757 g/mol. The summed E-state index contributed by atoms with van der Waals surface area (Å²) in [6.45, 7) is 17.7. The van der Waals surface area contributed by atoms with E-state index in [1.54, 1.807) is 0 Å². The Balaban J connectivity index is -0.00000105. The summed E-state index contributed by atoms with van der Waals surface area (Å²) in [6, 6.07) is 0.687. The summed E-state index contributed by atoms with van der Waals surface area (Å²) < 4.78 is 0. The molecule has 0 aromatic carbocycles. The van der Waals surface area contributed by atoms with Crippen LogP contribution in [0.2, 0.25) is 0 Å². The average molecular weight is 853 g/mol. The molecule has 0 aliphatic rings. The predicted octanol–water partition coefficient (Wildman–Crippen LogP) is 12.5. The molecule has 59 heavy (non-hydrogen) atoms. The molecule has 340 valence electrons. The van der Waals surface area contributed by atoms with Crippen LogP contribution in [0.3, 0.4) is 0 Å². The number of carbonyl (C=O) groups is 2. The minimum atomic E-state index is -0.972. The summed E-state index contributed by atoms with van der Waals surface area (Å²) in [7, 11) is 0. The van der Waals surface area contributed by atoms with Gasteiger partial charge in [-0.05, 0) is 77.0 Å². The molecule has 0 rings (SSSR count). The van der Waals surface area contributed by atoms with E-state index < -0.39 is 11.9 Å². The molecule has 0 N–H and O–H groups in total. The van der Waals surface area contributed by atoms with Crippen LogP contribution in [0, 0.1) is 0 Å². The number of carboxylic acids is 2. The van der Waals surface area contributed by atoms with E-state index >= 15 is 0 Å². The van der Waals surface area contributed by atoms with Gasteiger partial charge in [0.1, 0.15) is 0 Å². The van der Waals surface area contributed by atoms with Gasteiger partial charge in [-0.25, -0.2) is 0 Å². The second-order valence-corrected chi connectivity index (χ2v) is 16.6. The number of carbonyl (C=O) groups excluding carboxylic acids is 2. The molecule has 0 amide bonds. The van der Waals surface area contributed by atoms with Crippen molar-refractivity contribution in [1.29, 1.82) is 0 Å². The van der Waals surface area contributed by atoms with Crippen LogP contribution in [0.25, 0.3) is 0 Å². The van der Waals surface area contributed by atoms with Crippen LogP contribution in [0.15, 0.2) is 48.6 Å². The Morgan fingerprint density at radius 3 is 0.763 bits per heavy atom. The largest absolute Gasteiger partial charge is 2.00 e. The molecule has 0 aliphatic carbocycles. The summed E-state index contributed by atoms with van der Waals surface area (Å²) in [5, 5.41) is 23.0. The first-order valence-electron chi connectivity index (χ1n) is 24.8. The predicted molar refractivity (Wildman–Crippen MR) is 256 cm³/mol. The summed E-state index contributed by atoms with van der Waals surface area (Å²) in [4.78, 5) is 27.4. The Kier molecular flexibility index (Phi) is 50.9. The van der Waals surface area contributed by atoms with Gasteiger partial charge in [0, 0.05) is 37.3 Å². The maximum absolute atomic E-state index is 11.5. The molecule has 0 aliphatic heterocycles. The van der Waals surface area contributed by atoms with E-state index in [1.165, 1.54) is 103 Å². The molecule has 4 unspecified atom stereocenters. The molecule has 0 saturated heterocycles. The summed E-state index contributed by atoms with van der Waals surface area (Å²) >= 11 is 0. The third-order valence-electron chi connectivity index (χ3n) is 11.0. The third-order valence-corrected chi connectivity index (χ3v) is 11.0. The van der Waals surface area contributed by atoms with Gasteiger partial charge in [0.15, 0.2) is 0 Å². The molecule has 0 aromatic heterocycles. The first kappa shape index (κ1) is 62.4. The Labute approximate surface area is 397 Å².